The second-order valence-electron chi connectivity index (χ2n) is 5.63. The van der Waals surface area contributed by atoms with Crippen LogP contribution in [0.25, 0.3) is 10.9 Å². The molecule has 1 atom stereocenters. The number of nitrogens with one attached hydrogen (secondary N) is 1. The number of carbonyl (C=O) groups excluding carboxylic acids is 1. The molecule has 1 heterocycles. The van der Waals surface area contributed by atoms with Crippen LogP contribution in [0.5, 0.6) is 0 Å². The van der Waals surface area contributed by atoms with E-state index in [2.05, 4.69) is 5.32 Å². The third kappa shape index (κ3) is 3.49. The Kier molecular flexibility index (Phi) is 4.47. The maximum absolute atomic E-state index is 13.1. The molecular weight excluding hydrogens is 353 g/mol. The highest BCUT2D eigenvalue weighted by molar-refractivity contribution is 6.31. The molecule has 0 saturated carbocycles. The summed E-state index contributed by atoms with van der Waals surface area (Å²) in [6.07, 6.45) is -2.83. The zero-order chi connectivity index (χ0) is 18.2. The van der Waals surface area contributed by atoms with Gasteiger partial charge in [0.2, 0.25) is 5.91 Å². The second kappa shape index (κ2) is 6.44. The minimum atomic E-state index is -4.54. The van der Waals surface area contributed by atoms with Crippen molar-refractivity contribution in [1.29, 1.82) is 0 Å². The van der Waals surface area contributed by atoms with E-state index in [1.165, 1.54) is 18.2 Å². The largest absolute Gasteiger partial charge is 0.418 e. The molecule has 7 heteroatoms. The van der Waals surface area contributed by atoms with Gasteiger partial charge in [-0.25, -0.2) is 0 Å². The van der Waals surface area contributed by atoms with Crippen LogP contribution in [0.15, 0.2) is 54.7 Å². The van der Waals surface area contributed by atoms with Gasteiger partial charge in [-0.05, 0) is 43.3 Å². The van der Waals surface area contributed by atoms with Crippen LogP contribution in [-0.4, -0.2) is 10.5 Å². The van der Waals surface area contributed by atoms with Crippen molar-refractivity contribution >= 4 is 34.1 Å². The number of alkyl halides is 3. The molecule has 1 aromatic heterocycles. The number of hydrogen-bond donors (Lipinski definition) is 1. The summed E-state index contributed by atoms with van der Waals surface area (Å²) in [6, 6.07) is 11.2. The van der Waals surface area contributed by atoms with E-state index in [0.717, 1.165) is 17.0 Å². The fourth-order valence-electron chi connectivity index (χ4n) is 2.68. The molecular formula is C18H14ClF3N2O. The van der Waals surface area contributed by atoms with E-state index in [1.54, 1.807) is 42.0 Å². The molecule has 0 saturated heterocycles. The summed E-state index contributed by atoms with van der Waals surface area (Å²) in [5.41, 5.74) is -0.359. The number of fused-ring (bicyclic) bond motifs is 1. The monoisotopic (exact) mass is 366 g/mol. The lowest BCUT2D eigenvalue weighted by Crippen LogP contribution is -2.24. The summed E-state index contributed by atoms with van der Waals surface area (Å²) in [7, 11) is 0. The highest BCUT2D eigenvalue weighted by Crippen LogP contribution is 2.35. The van der Waals surface area contributed by atoms with Crippen LogP contribution in [0, 0.1) is 0 Å². The highest BCUT2D eigenvalue weighted by atomic mass is 35.5. The van der Waals surface area contributed by atoms with Gasteiger partial charge in [-0.15, -0.1) is 0 Å². The van der Waals surface area contributed by atoms with Gasteiger partial charge in [0.1, 0.15) is 6.04 Å². The van der Waals surface area contributed by atoms with E-state index < -0.39 is 23.7 Å². The van der Waals surface area contributed by atoms with Gasteiger partial charge in [0, 0.05) is 22.1 Å². The zero-order valence-electron chi connectivity index (χ0n) is 13.1. The van der Waals surface area contributed by atoms with Crippen LogP contribution in [0.2, 0.25) is 5.02 Å². The predicted molar refractivity (Wildman–Crippen MR) is 91.7 cm³/mol. The predicted octanol–water partition coefficient (Wildman–Crippen LogP) is 5.51. The number of halogens is 4. The van der Waals surface area contributed by atoms with Crippen molar-refractivity contribution < 1.29 is 18.0 Å². The minimum Gasteiger partial charge on any atom is -0.335 e. The lowest BCUT2D eigenvalue weighted by Gasteiger charge is -2.18. The second-order valence-corrected chi connectivity index (χ2v) is 6.07. The van der Waals surface area contributed by atoms with Crippen molar-refractivity contribution in [3.8, 4) is 0 Å². The number of amides is 1. The smallest absolute Gasteiger partial charge is 0.335 e. The molecule has 1 N–H and O–H groups in total. The van der Waals surface area contributed by atoms with Crippen LogP contribution in [0.4, 0.5) is 18.9 Å². The van der Waals surface area contributed by atoms with Gasteiger partial charge in [-0.2, -0.15) is 13.2 Å². The van der Waals surface area contributed by atoms with Crippen molar-refractivity contribution in [2.75, 3.05) is 5.32 Å². The standard InChI is InChI=1S/C18H14ClF3N2O/c1-11(24-9-8-12-10-13(19)6-7-16(12)24)17(25)23-15-5-3-2-4-14(15)18(20,21)22/h2-11H,1H3,(H,23,25). The van der Waals surface area contributed by atoms with Gasteiger partial charge in [0.05, 0.1) is 11.3 Å². The first-order valence-corrected chi connectivity index (χ1v) is 7.88. The lowest BCUT2D eigenvalue weighted by atomic mass is 10.1. The van der Waals surface area contributed by atoms with Gasteiger partial charge >= 0.3 is 6.18 Å². The average molecular weight is 367 g/mol. The van der Waals surface area contributed by atoms with E-state index in [-0.39, 0.29) is 5.69 Å². The van der Waals surface area contributed by atoms with E-state index >= 15 is 0 Å². The first-order chi connectivity index (χ1) is 11.8. The molecule has 2 aromatic carbocycles. The maximum Gasteiger partial charge on any atom is 0.418 e. The molecule has 0 spiro atoms. The number of para-hydroxylation sites is 1. The molecule has 0 radical (unpaired) electrons. The van der Waals surface area contributed by atoms with Crippen LogP contribution in [0.1, 0.15) is 18.5 Å². The fraction of sp³-hybridized carbons (Fsp3) is 0.167. The zero-order valence-corrected chi connectivity index (χ0v) is 13.9. The Balaban J connectivity index is 1.89. The first-order valence-electron chi connectivity index (χ1n) is 7.50. The molecule has 0 aliphatic rings. The molecule has 0 fully saturated rings. The molecule has 3 nitrogen and oxygen atoms in total. The van der Waals surface area contributed by atoms with Crippen LogP contribution in [0.3, 0.4) is 0 Å². The van der Waals surface area contributed by atoms with E-state index in [9.17, 15) is 18.0 Å². The number of carbonyl (C=O) groups is 1. The Labute approximate surface area is 147 Å². The minimum absolute atomic E-state index is 0.258. The van der Waals surface area contributed by atoms with Crippen LogP contribution >= 0.6 is 11.6 Å². The molecule has 0 aliphatic carbocycles. The molecule has 3 rings (SSSR count). The quantitative estimate of drug-likeness (QED) is 0.651. The van der Waals surface area contributed by atoms with Gasteiger partial charge in [0.15, 0.2) is 0 Å². The average Bonchev–Trinajstić information content (AvgIpc) is 2.96. The van der Waals surface area contributed by atoms with Gasteiger partial charge in [0.25, 0.3) is 0 Å². The third-order valence-electron chi connectivity index (χ3n) is 3.97. The normalized spacial score (nSPS) is 13.0. The van der Waals surface area contributed by atoms with Crippen molar-refractivity contribution in [2.24, 2.45) is 0 Å². The van der Waals surface area contributed by atoms with Gasteiger partial charge in [-0.1, -0.05) is 23.7 Å². The summed E-state index contributed by atoms with van der Waals surface area (Å²) in [4.78, 5) is 12.5. The Morgan fingerprint density at radius 1 is 1.16 bits per heavy atom. The van der Waals surface area contributed by atoms with Crippen LogP contribution in [-0.2, 0) is 11.0 Å². The summed E-state index contributed by atoms with van der Waals surface area (Å²) in [6.45, 7) is 1.62. The summed E-state index contributed by atoms with van der Waals surface area (Å²) < 4.78 is 40.8. The molecule has 1 unspecified atom stereocenters. The van der Waals surface area contributed by atoms with Crippen LogP contribution < -0.4 is 5.32 Å². The van der Waals surface area contributed by atoms with E-state index in [1.807, 2.05) is 0 Å². The molecule has 25 heavy (non-hydrogen) atoms. The number of hydrogen-bond acceptors (Lipinski definition) is 1. The van der Waals surface area contributed by atoms with Gasteiger partial charge in [-0.3, -0.25) is 4.79 Å². The Morgan fingerprint density at radius 2 is 1.88 bits per heavy atom. The Bertz CT molecular complexity index is 933. The number of aromatic nitrogens is 1. The third-order valence-corrected chi connectivity index (χ3v) is 4.20. The molecule has 0 bridgehead atoms. The number of rotatable bonds is 3. The van der Waals surface area contributed by atoms with E-state index in [0.29, 0.717) is 5.02 Å². The van der Waals surface area contributed by atoms with Gasteiger partial charge < -0.3 is 9.88 Å². The summed E-state index contributed by atoms with van der Waals surface area (Å²) in [5.74, 6) is -0.538. The molecule has 130 valence electrons. The van der Waals surface area contributed by atoms with Crippen molar-refractivity contribution in [3.05, 3.63) is 65.3 Å². The Morgan fingerprint density at radius 3 is 2.60 bits per heavy atom. The van der Waals surface area contributed by atoms with Crippen molar-refractivity contribution in [1.82, 2.24) is 4.57 Å². The SMILES string of the molecule is CC(C(=O)Nc1ccccc1C(F)(F)F)n1ccc2cc(Cl)ccc21. The van der Waals surface area contributed by atoms with E-state index in [4.69, 9.17) is 11.6 Å². The maximum atomic E-state index is 13.1. The Hall–Kier alpha value is -2.47. The molecule has 1 amide bonds. The molecule has 0 aliphatic heterocycles. The lowest BCUT2D eigenvalue weighted by molar-refractivity contribution is -0.137. The van der Waals surface area contributed by atoms with Crippen molar-refractivity contribution in [2.45, 2.75) is 19.1 Å². The summed E-state index contributed by atoms with van der Waals surface area (Å²) >= 11 is 5.94. The fourth-order valence-corrected chi connectivity index (χ4v) is 2.86. The number of nitrogens with zero attached hydrogens (tertiary/aromatic N) is 1. The number of benzene rings is 2. The topological polar surface area (TPSA) is 34.0 Å². The first kappa shape index (κ1) is 17.4. The summed E-state index contributed by atoms with van der Waals surface area (Å²) in [5, 5.41) is 3.80. The number of anilines is 1. The molecule has 3 aromatic rings. The highest BCUT2D eigenvalue weighted by Gasteiger charge is 2.34. The van der Waals surface area contributed by atoms with Crippen molar-refractivity contribution in [3.63, 3.8) is 0 Å².